The first kappa shape index (κ1) is 17.2. The third-order valence-corrected chi connectivity index (χ3v) is 4.14. The first-order chi connectivity index (χ1) is 9.42. The molecule has 118 valence electrons. The van der Waals surface area contributed by atoms with Crippen LogP contribution in [0.15, 0.2) is 23.1 Å². The van der Waals surface area contributed by atoms with Gasteiger partial charge < -0.3 is 11.5 Å². The molecule has 0 radical (unpaired) electrons. The largest absolute Gasteiger partial charge is 0.398 e. The van der Waals surface area contributed by atoms with Gasteiger partial charge in [0, 0.05) is 11.6 Å². The molecule has 1 aromatic carbocycles. The second kappa shape index (κ2) is 5.90. The Morgan fingerprint density at radius 3 is 2.38 bits per heavy atom. The predicted molar refractivity (Wildman–Crippen MR) is 69.8 cm³/mol. The van der Waals surface area contributed by atoms with E-state index >= 15 is 0 Å². The highest BCUT2D eigenvalue weighted by atomic mass is 32.2. The zero-order valence-electron chi connectivity index (χ0n) is 10.9. The molecular formula is C11H14F3N3O3S. The molecule has 0 aliphatic carbocycles. The van der Waals surface area contributed by atoms with Gasteiger partial charge in [-0.15, -0.1) is 0 Å². The summed E-state index contributed by atoms with van der Waals surface area (Å²) in [7, 11) is -4.23. The van der Waals surface area contributed by atoms with Crippen molar-refractivity contribution in [3.05, 3.63) is 23.8 Å². The number of hydrogen-bond donors (Lipinski definition) is 3. The van der Waals surface area contributed by atoms with Crippen molar-refractivity contribution >= 4 is 21.6 Å². The van der Waals surface area contributed by atoms with Crippen molar-refractivity contribution in [2.24, 2.45) is 5.73 Å². The Balaban J connectivity index is 3.01. The number of nitrogens with one attached hydrogen (secondary N) is 1. The lowest BCUT2D eigenvalue weighted by molar-refractivity contribution is -0.137. The van der Waals surface area contributed by atoms with E-state index in [1.54, 1.807) is 0 Å². The first-order valence-corrected chi connectivity index (χ1v) is 7.19. The molecule has 1 aromatic rings. The Morgan fingerprint density at radius 2 is 1.95 bits per heavy atom. The summed E-state index contributed by atoms with van der Waals surface area (Å²) in [6.07, 6.45) is -5.81. The van der Waals surface area contributed by atoms with E-state index < -0.39 is 39.5 Å². The number of halogens is 3. The number of carbonyl (C=O) groups is 1. The van der Waals surface area contributed by atoms with Gasteiger partial charge in [0.2, 0.25) is 15.9 Å². The molecule has 1 rings (SSSR count). The Hall–Kier alpha value is -1.81. The molecular weight excluding hydrogens is 311 g/mol. The van der Waals surface area contributed by atoms with Gasteiger partial charge in [-0.1, -0.05) is 0 Å². The molecule has 0 saturated carbocycles. The highest BCUT2D eigenvalue weighted by Gasteiger charge is 2.32. The Kier molecular flexibility index (Phi) is 4.84. The minimum atomic E-state index is -4.50. The first-order valence-electron chi connectivity index (χ1n) is 5.71. The maximum Gasteiger partial charge on any atom is 0.390 e. The van der Waals surface area contributed by atoms with Crippen LogP contribution in [-0.4, -0.2) is 26.5 Å². The average molecular weight is 325 g/mol. The van der Waals surface area contributed by atoms with Crippen LogP contribution in [0.3, 0.4) is 0 Å². The number of hydrogen-bond acceptors (Lipinski definition) is 4. The number of primary amides is 1. The molecule has 10 heteroatoms. The van der Waals surface area contributed by atoms with Gasteiger partial charge in [-0.05, 0) is 25.1 Å². The van der Waals surface area contributed by atoms with Gasteiger partial charge in [-0.2, -0.15) is 13.2 Å². The van der Waals surface area contributed by atoms with Crippen LogP contribution in [0.1, 0.15) is 23.7 Å². The predicted octanol–water partition coefficient (Wildman–Crippen LogP) is 0.987. The van der Waals surface area contributed by atoms with Gasteiger partial charge in [0.25, 0.3) is 0 Å². The maximum atomic E-state index is 12.2. The number of sulfonamides is 1. The summed E-state index contributed by atoms with van der Waals surface area (Å²) in [6.45, 7) is 1.08. The second-order valence-corrected chi connectivity index (χ2v) is 6.14. The lowest BCUT2D eigenvalue weighted by Crippen LogP contribution is -2.36. The molecule has 0 aromatic heterocycles. The van der Waals surface area contributed by atoms with Gasteiger partial charge in [0.15, 0.2) is 0 Å². The third-order valence-electron chi connectivity index (χ3n) is 2.48. The number of amides is 1. The van der Waals surface area contributed by atoms with Crippen LogP contribution in [0.25, 0.3) is 0 Å². The summed E-state index contributed by atoms with van der Waals surface area (Å²) < 4.78 is 62.4. The van der Waals surface area contributed by atoms with Crippen molar-refractivity contribution in [3.8, 4) is 0 Å². The topological polar surface area (TPSA) is 115 Å². The van der Waals surface area contributed by atoms with E-state index in [-0.39, 0.29) is 11.3 Å². The molecule has 21 heavy (non-hydrogen) atoms. The van der Waals surface area contributed by atoms with Gasteiger partial charge in [0.05, 0.1) is 12.1 Å². The van der Waals surface area contributed by atoms with E-state index in [1.165, 1.54) is 0 Å². The van der Waals surface area contributed by atoms with Crippen molar-refractivity contribution in [3.63, 3.8) is 0 Å². The number of benzene rings is 1. The van der Waals surface area contributed by atoms with Gasteiger partial charge in [-0.3, -0.25) is 4.79 Å². The number of nitrogen functional groups attached to an aromatic ring is 1. The molecule has 0 aliphatic rings. The van der Waals surface area contributed by atoms with Crippen LogP contribution >= 0.6 is 0 Å². The van der Waals surface area contributed by atoms with Gasteiger partial charge in [0.1, 0.15) is 4.90 Å². The summed E-state index contributed by atoms with van der Waals surface area (Å²) in [5, 5.41) is 0. The van der Waals surface area contributed by atoms with Crippen LogP contribution in [0, 0.1) is 0 Å². The van der Waals surface area contributed by atoms with Crippen molar-refractivity contribution in [1.82, 2.24) is 4.72 Å². The molecule has 5 N–H and O–H groups in total. The number of carbonyl (C=O) groups excluding carboxylic acids is 1. The summed E-state index contributed by atoms with van der Waals surface area (Å²) >= 11 is 0. The van der Waals surface area contributed by atoms with Crippen LogP contribution in [0.2, 0.25) is 0 Å². The number of nitrogens with two attached hydrogens (primary N) is 2. The molecule has 6 nitrogen and oxygen atoms in total. The van der Waals surface area contributed by atoms with Crippen molar-refractivity contribution in [1.29, 1.82) is 0 Å². The second-order valence-electron chi connectivity index (χ2n) is 4.46. The summed E-state index contributed by atoms with van der Waals surface area (Å²) in [4.78, 5) is 10.5. The van der Waals surface area contributed by atoms with Gasteiger partial charge >= 0.3 is 6.18 Å². The Labute approximate surface area is 119 Å². The zero-order valence-corrected chi connectivity index (χ0v) is 11.8. The molecule has 0 aliphatic heterocycles. The number of anilines is 1. The standard InChI is InChI=1S/C11H14F3N3O3S/c1-6(5-11(12,13)14)17-21(19,20)9-3-2-7(10(16)18)4-8(9)15/h2-4,6,17H,5,15H2,1H3,(H2,16,18). The number of rotatable bonds is 5. The van der Waals surface area contributed by atoms with E-state index in [9.17, 15) is 26.4 Å². The van der Waals surface area contributed by atoms with Crippen molar-refractivity contribution in [2.45, 2.75) is 30.5 Å². The van der Waals surface area contributed by atoms with E-state index in [2.05, 4.69) is 0 Å². The molecule has 1 atom stereocenters. The third kappa shape index (κ3) is 4.90. The number of alkyl halides is 3. The molecule has 0 fully saturated rings. The fraction of sp³-hybridized carbons (Fsp3) is 0.364. The lowest BCUT2D eigenvalue weighted by atomic mass is 10.2. The molecule has 1 amide bonds. The van der Waals surface area contributed by atoms with E-state index in [4.69, 9.17) is 11.5 Å². The van der Waals surface area contributed by atoms with Crippen molar-refractivity contribution in [2.75, 3.05) is 5.73 Å². The minimum absolute atomic E-state index is 0.00482. The van der Waals surface area contributed by atoms with E-state index in [1.807, 2.05) is 4.72 Å². The summed E-state index contributed by atoms with van der Waals surface area (Å²) in [6, 6.07) is 1.83. The normalized spacial score (nSPS) is 13.9. The fourth-order valence-electron chi connectivity index (χ4n) is 1.66. The molecule has 0 bridgehead atoms. The Morgan fingerprint density at radius 1 is 1.38 bits per heavy atom. The zero-order chi connectivity index (χ0) is 16.4. The smallest absolute Gasteiger partial charge is 0.390 e. The Bertz CT molecular complexity index is 644. The monoisotopic (exact) mass is 325 g/mol. The van der Waals surface area contributed by atoms with E-state index in [0.29, 0.717) is 0 Å². The van der Waals surface area contributed by atoms with Crippen LogP contribution in [-0.2, 0) is 10.0 Å². The lowest BCUT2D eigenvalue weighted by Gasteiger charge is -2.17. The quantitative estimate of drug-likeness (QED) is 0.700. The van der Waals surface area contributed by atoms with Crippen LogP contribution < -0.4 is 16.2 Å². The van der Waals surface area contributed by atoms with Gasteiger partial charge in [-0.25, -0.2) is 13.1 Å². The molecule has 1 unspecified atom stereocenters. The SMILES string of the molecule is CC(CC(F)(F)F)NS(=O)(=O)c1ccc(C(N)=O)cc1N. The maximum absolute atomic E-state index is 12.2. The van der Waals surface area contributed by atoms with Crippen molar-refractivity contribution < 1.29 is 26.4 Å². The summed E-state index contributed by atoms with van der Waals surface area (Å²) in [5.74, 6) is -0.802. The van der Waals surface area contributed by atoms with Crippen LogP contribution in [0.5, 0.6) is 0 Å². The molecule has 0 spiro atoms. The fourth-order valence-corrected chi connectivity index (χ4v) is 3.02. The molecule has 0 heterocycles. The highest BCUT2D eigenvalue weighted by Crippen LogP contribution is 2.24. The van der Waals surface area contributed by atoms with E-state index in [0.717, 1.165) is 25.1 Å². The summed E-state index contributed by atoms with van der Waals surface area (Å²) in [5.41, 5.74) is 10.2. The average Bonchev–Trinajstić information content (AvgIpc) is 2.24. The minimum Gasteiger partial charge on any atom is -0.398 e. The molecule has 0 saturated heterocycles. The van der Waals surface area contributed by atoms with Crippen LogP contribution in [0.4, 0.5) is 18.9 Å². The highest BCUT2D eigenvalue weighted by molar-refractivity contribution is 7.89.